The Balaban J connectivity index is 0.918. The zero-order chi connectivity index (χ0) is 37.3. The van der Waals surface area contributed by atoms with Crippen molar-refractivity contribution in [2.75, 3.05) is 74.7 Å². The second kappa shape index (κ2) is 13.0. The highest BCUT2D eigenvalue weighted by Gasteiger charge is 2.46. The molecule has 5 aromatic rings. The molecule has 280 valence electrons. The summed E-state index contributed by atoms with van der Waals surface area (Å²) in [7, 11) is 7.10. The average Bonchev–Trinajstić information content (AvgIpc) is 3.47. The number of nitrogens with one attached hydrogen (secondary N) is 1. The van der Waals surface area contributed by atoms with Crippen molar-refractivity contribution in [2.45, 2.75) is 32.2 Å². The van der Waals surface area contributed by atoms with E-state index in [1.165, 1.54) is 0 Å². The minimum absolute atomic E-state index is 0.0736. The highest BCUT2D eigenvalue weighted by atomic mass is 16.5. The van der Waals surface area contributed by atoms with Crippen molar-refractivity contribution in [3.05, 3.63) is 64.7 Å². The van der Waals surface area contributed by atoms with Gasteiger partial charge >= 0.3 is 6.03 Å². The van der Waals surface area contributed by atoms with Crippen molar-refractivity contribution < 1.29 is 19.1 Å². The second-order valence-corrected chi connectivity index (χ2v) is 15.3. The highest BCUT2D eigenvalue weighted by molar-refractivity contribution is 6.10. The van der Waals surface area contributed by atoms with Gasteiger partial charge in [0.2, 0.25) is 5.91 Å². The van der Waals surface area contributed by atoms with Gasteiger partial charge in [0.05, 0.1) is 36.4 Å². The number of piperidine rings is 1. The van der Waals surface area contributed by atoms with Crippen molar-refractivity contribution >= 4 is 50.9 Å². The zero-order valence-corrected chi connectivity index (χ0v) is 31.2. The van der Waals surface area contributed by atoms with E-state index in [4.69, 9.17) is 14.6 Å². The summed E-state index contributed by atoms with van der Waals surface area (Å²) in [6.07, 6.45) is 7.17. The maximum absolute atomic E-state index is 13.1. The lowest BCUT2D eigenvalue weighted by atomic mass is 9.71. The molecule has 4 aliphatic rings. The number of amides is 3. The monoisotopic (exact) mass is 731 g/mol. The van der Waals surface area contributed by atoms with E-state index in [-0.39, 0.29) is 23.3 Å². The van der Waals surface area contributed by atoms with Crippen LogP contribution in [-0.4, -0.2) is 96.2 Å². The minimum Gasteiger partial charge on any atom is -0.496 e. The predicted octanol–water partition coefficient (Wildman–Crippen LogP) is 4.26. The molecule has 4 fully saturated rings. The van der Waals surface area contributed by atoms with E-state index in [1.807, 2.05) is 36.1 Å². The van der Waals surface area contributed by atoms with Crippen molar-refractivity contribution in [3.8, 4) is 22.6 Å². The number of carbonyl (C=O) groups is 2. The summed E-state index contributed by atoms with van der Waals surface area (Å²) < 4.78 is 15.5. The van der Waals surface area contributed by atoms with E-state index >= 15 is 0 Å². The Morgan fingerprint density at radius 2 is 1.61 bits per heavy atom. The summed E-state index contributed by atoms with van der Waals surface area (Å²) in [4.78, 5) is 50.9. The molecule has 9 rings (SSSR count). The summed E-state index contributed by atoms with van der Waals surface area (Å²) in [5, 5.41) is 9.51. The van der Waals surface area contributed by atoms with Gasteiger partial charge in [-0.15, -0.1) is 0 Å². The fraction of sp³-hybridized carbons (Fsp3) is 0.425. The van der Waals surface area contributed by atoms with Crippen LogP contribution >= 0.6 is 0 Å². The fourth-order valence-corrected chi connectivity index (χ4v) is 8.77. The zero-order valence-electron chi connectivity index (χ0n) is 31.2. The molecule has 3 amide bonds. The molecule has 0 atom stereocenters. The number of aromatic nitrogens is 4. The number of methoxy groups -OCH3 is 2. The molecule has 4 aliphatic heterocycles. The number of imide groups is 1. The van der Waals surface area contributed by atoms with Crippen molar-refractivity contribution in [2.24, 2.45) is 19.5 Å². The number of ether oxygens (including phenoxy) is 2. The van der Waals surface area contributed by atoms with Gasteiger partial charge in [-0.3, -0.25) is 29.4 Å². The quantitative estimate of drug-likeness (QED) is 0.247. The number of aryl methyl sites for hydroxylation is 2. The number of hydrogen-bond acceptors (Lipinski definition) is 10. The van der Waals surface area contributed by atoms with Gasteiger partial charge in [0.15, 0.2) is 5.82 Å². The minimum atomic E-state index is -0.427. The van der Waals surface area contributed by atoms with Crippen LogP contribution in [0.3, 0.4) is 0 Å². The normalized spacial score (nSPS) is 18.6. The van der Waals surface area contributed by atoms with Crippen LogP contribution in [0.1, 0.15) is 31.2 Å². The molecule has 3 aromatic heterocycles. The molecule has 0 bridgehead atoms. The number of urea groups is 1. The molecular formula is C40H45N9O5. The largest absolute Gasteiger partial charge is 0.496 e. The van der Waals surface area contributed by atoms with Crippen LogP contribution in [0.4, 0.5) is 22.1 Å². The fourth-order valence-electron chi connectivity index (χ4n) is 8.77. The number of likely N-dealkylation sites (tertiary alicyclic amines) is 1. The van der Waals surface area contributed by atoms with E-state index in [0.717, 1.165) is 115 Å². The van der Waals surface area contributed by atoms with Crippen LogP contribution in [0, 0.1) is 5.41 Å². The first kappa shape index (κ1) is 34.2. The second-order valence-electron chi connectivity index (χ2n) is 15.3. The summed E-state index contributed by atoms with van der Waals surface area (Å²) in [6.45, 7) is 6.81. The van der Waals surface area contributed by atoms with Crippen LogP contribution in [0.5, 0.6) is 11.5 Å². The third kappa shape index (κ3) is 5.62. The van der Waals surface area contributed by atoms with Gasteiger partial charge in [-0.05, 0) is 68.2 Å². The molecule has 0 aliphatic carbocycles. The average molecular weight is 732 g/mol. The molecule has 4 saturated heterocycles. The van der Waals surface area contributed by atoms with Gasteiger partial charge in [0, 0.05) is 93.9 Å². The Labute approximate surface area is 312 Å². The van der Waals surface area contributed by atoms with Crippen molar-refractivity contribution in [3.63, 3.8) is 0 Å². The van der Waals surface area contributed by atoms with E-state index in [1.54, 1.807) is 36.9 Å². The van der Waals surface area contributed by atoms with Crippen LogP contribution in [0.2, 0.25) is 0 Å². The van der Waals surface area contributed by atoms with Crippen molar-refractivity contribution in [1.82, 2.24) is 29.5 Å². The standard InChI is InChI=1S/C40H45N9O5/c1-44-21-29(27-19-34(47-12-6-13-47)41-20-28(27)38(44)51)25-17-32(53-3)30(33(18-25)54-4)22-46-15-10-40(11-16-46)23-48(24-40)31-8-5-7-26-36(31)45(2)43-37(26)49-14-9-35(50)42-39(49)52/h5,7-8,17-21H,6,9-16,22-24H2,1-4H3,(H,42,50,52). The van der Waals surface area contributed by atoms with E-state index in [9.17, 15) is 14.4 Å². The SMILES string of the molecule is COc1cc(-c2cn(C)c(=O)c3cnc(N4CCC4)cc23)cc(OC)c1CN1CCC2(CC1)CN(c1cccc3c(N4CCC(=O)NC4=O)nn(C)c13)C2. The molecule has 0 saturated carbocycles. The van der Waals surface area contributed by atoms with Gasteiger partial charge in [0.1, 0.15) is 17.3 Å². The van der Waals surface area contributed by atoms with Gasteiger partial charge in [0.25, 0.3) is 5.56 Å². The molecule has 14 nitrogen and oxygen atoms in total. The third-order valence-electron chi connectivity index (χ3n) is 12.0. The van der Waals surface area contributed by atoms with Gasteiger partial charge < -0.3 is 23.8 Å². The first-order valence-corrected chi connectivity index (χ1v) is 18.7. The van der Waals surface area contributed by atoms with Crippen molar-refractivity contribution in [1.29, 1.82) is 0 Å². The summed E-state index contributed by atoms with van der Waals surface area (Å²) >= 11 is 0. The van der Waals surface area contributed by atoms with Gasteiger partial charge in [-0.25, -0.2) is 9.78 Å². The number of nitrogens with zero attached hydrogens (tertiary/aromatic N) is 8. The van der Waals surface area contributed by atoms with Gasteiger partial charge in [-0.1, -0.05) is 6.07 Å². The van der Waals surface area contributed by atoms with Crippen LogP contribution < -0.4 is 35.0 Å². The number of fused-ring (bicyclic) bond motifs is 2. The van der Waals surface area contributed by atoms with Crippen LogP contribution in [-0.2, 0) is 25.4 Å². The molecule has 2 aromatic carbocycles. The first-order valence-electron chi connectivity index (χ1n) is 18.7. The Hall–Kier alpha value is -5.63. The van der Waals surface area contributed by atoms with Crippen LogP contribution in [0.15, 0.2) is 53.6 Å². The first-order chi connectivity index (χ1) is 26.1. The lowest BCUT2D eigenvalue weighted by molar-refractivity contribution is -0.120. The summed E-state index contributed by atoms with van der Waals surface area (Å²) in [6, 6.07) is 11.9. The number of anilines is 3. The number of hydrogen-bond donors (Lipinski definition) is 1. The lowest BCUT2D eigenvalue weighted by Crippen LogP contribution is -2.60. The third-order valence-corrected chi connectivity index (χ3v) is 12.0. The highest BCUT2D eigenvalue weighted by Crippen LogP contribution is 2.46. The molecule has 14 heteroatoms. The molecule has 0 unspecified atom stereocenters. The number of para-hydroxylation sites is 1. The molecule has 7 heterocycles. The molecule has 54 heavy (non-hydrogen) atoms. The number of carbonyl (C=O) groups excluding carboxylic acids is 2. The maximum atomic E-state index is 13.1. The molecule has 0 radical (unpaired) electrons. The Kier molecular flexibility index (Phi) is 8.25. The smallest absolute Gasteiger partial charge is 0.329 e. The molecular weight excluding hydrogens is 686 g/mol. The Bertz CT molecular complexity index is 2360. The Morgan fingerprint density at radius 3 is 2.28 bits per heavy atom. The van der Waals surface area contributed by atoms with Crippen LogP contribution in [0.25, 0.3) is 32.8 Å². The van der Waals surface area contributed by atoms with Gasteiger partial charge in [-0.2, -0.15) is 5.10 Å². The lowest BCUT2D eigenvalue weighted by Gasteiger charge is -2.55. The van der Waals surface area contributed by atoms with E-state index in [2.05, 4.69) is 43.2 Å². The topological polar surface area (TPSA) is 130 Å². The Morgan fingerprint density at radius 1 is 0.870 bits per heavy atom. The number of rotatable bonds is 8. The number of pyridine rings is 2. The van der Waals surface area contributed by atoms with E-state index in [0.29, 0.717) is 24.3 Å². The number of benzene rings is 2. The van der Waals surface area contributed by atoms with E-state index < -0.39 is 6.03 Å². The maximum Gasteiger partial charge on any atom is 0.329 e. The molecule has 1 N–H and O–H groups in total. The summed E-state index contributed by atoms with van der Waals surface area (Å²) in [5.74, 6) is 2.73. The summed E-state index contributed by atoms with van der Waals surface area (Å²) in [5.41, 5.74) is 5.13. The molecule has 1 spiro atoms. The predicted molar refractivity (Wildman–Crippen MR) is 208 cm³/mol.